The number of rotatable bonds is 6. The highest BCUT2D eigenvalue weighted by Gasteiger charge is 2.45. The van der Waals surface area contributed by atoms with Gasteiger partial charge in [0.1, 0.15) is 6.61 Å². The van der Waals surface area contributed by atoms with Crippen LogP contribution in [0.2, 0.25) is 0 Å². The largest absolute Gasteiger partial charge is 0.381 e. The van der Waals surface area contributed by atoms with Crippen molar-refractivity contribution in [3.8, 4) is 0 Å². The molecule has 3 rings (SSSR count). The molecule has 1 aliphatic carbocycles. The molecule has 2 saturated heterocycles. The van der Waals surface area contributed by atoms with Crippen LogP contribution in [0.4, 0.5) is 0 Å². The first kappa shape index (κ1) is 17.1. The van der Waals surface area contributed by atoms with Crippen LogP contribution in [-0.2, 0) is 24.3 Å². The number of hydrogen-bond donors (Lipinski definition) is 0. The van der Waals surface area contributed by atoms with Crippen molar-refractivity contribution in [2.45, 2.75) is 49.4 Å². The molecule has 0 radical (unpaired) electrons. The van der Waals surface area contributed by atoms with Gasteiger partial charge in [-0.15, -0.1) is 0 Å². The fourth-order valence-electron chi connectivity index (χ4n) is 3.61. The molecule has 8 heteroatoms. The van der Waals surface area contributed by atoms with E-state index >= 15 is 0 Å². The lowest BCUT2D eigenvalue weighted by atomic mass is 10.0. The second kappa shape index (κ2) is 7.04. The first-order valence-corrected chi connectivity index (χ1v) is 9.91. The summed E-state index contributed by atoms with van der Waals surface area (Å²) in [5.41, 5.74) is 0. The molecule has 1 unspecified atom stereocenters. The predicted molar refractivity (Wildman–Crippen MR) is 84.5 cm³/mol. The Morgan fingerprint density at radius 1 is 1.17 bits per heavy atom. The summed E-state index contributed by atoms with van der Waals surface area (Å²) < 4.78 is 36.8. The molecular formula is C15H26N2O5S. The maximum atomic E-state index is 12.5. The van der Waals surface area contributed by atoms with E-state index in [1.54, 1.807) is 4.31 Å². The summed E-state index contributed by atoms with van der Waals surface area (Å²) in [6.45, 7) is 2.29. The molecule has 0 N–H and O–H groups in total. The predicted octanol–water partition coefficient (Wildman–Crippen LogP) is 0.207. The van der Waals surface area contributed by atoms with Gasteiger partial charge in [-0.3, -0.25) is 4.79 Å². The van der Waals surface area contributed by atoms with E-state index in [-0.39, 0.29) is 29.8 Å². The van der Waals surface area contributed by atoms with Crippen LogP contribution in [0.25, 0.3) is 0 Å². The SMILES string of the molecule is COCC(=O)N(C1CCOCC1)C1CCN(S(=O)(=O)C2CC2)C1. The average molecular weight is 346 g/mol. The Morgan fingerprint density at radius 2 is 1.87 bits per heavy atom. The lowest BCUT2D eigenvalue weighted by molar-refractivity contribution is -0.142. The lowest BCUT2D eigenvalue weighted by Gasteiger charge is -2.38. The number of ether oxygens (including phenoxy) is 2. The third kappa shape index (κ3) is 3.70. The minimum Gasteiger partial charge on any atom is -0.381 e. The molecule has 1 saturated carbocycles. The molecule has 2 heterocycles. The second-order valence-corrected chi connectivity index (χ2v) is 8.84. The highest BCUT2D eigenvalue weighted by Crippen LogP contribution is 2.34. The van der Waals surface area contributed by atoms with Gasteiger partial charge in [-0.05, 0) is 32.1 Å². The molecular weight excluding hydrogens is 320 g/mol. The minimum atomic E-state index is -3.16. The summed E-state index contributed by atoms with van der Waals surface area (Å²) >= 11 is 0. The zero-order chi connectivity index (χ0) is 16.4. The Labute approximate surface area is 138 Å². The molecule has 1 amide bonds. The van der Waals surface area contributed by atoms with Crippen LogP contribution in [0.15, 0.2) is 0 Å². The van der Waals surface area contributed by atoms with Crippen molar-refractivity contribution in [1.82, 2.24) is 9.21 Å². The molecule has 0 bridgehead atoms. The number of sulfonamides is 1. The van der Waals surface area contributed by atoms with E-state index in [2.05, 4.69) is 0 Å². The number of nitrogens with zero attached hydrogens (tertiary/aromatic N) is 2. The van der Waals surface area contributed by atoms with Crippen molar-refractivity contribution >= 4 is 15.9 Å². The fraction of sp³-hybridized carbons (Fsp3) is 0.933. The summed E-state index contributed by atoms with van der Waals surface area (Å²) in [4.78, 5) is 14.4. The molecule has 1 atom stereocenters. The monoisotopic (exact) mass is 346 g/mol. The molecule has 2 aliphatic heterocycles. The van der Waals surface area contributed by atoms with Gasteiger partial charge in [0.25, 0.3) is 0 Å². The van der Waals surface area contributed by atoms with Crippen molar-refractivity contribution in [3.05, 3.63) is 0 Å². The van der Waals surface area contributed by atoms with Crippen LogP contribution < -0.4 is 0 Å². The normalized spacial score (nSPS) is 27.3. The smallest absolute Gasteiger partial charge is 0.249 e. The van der Waals surface area contributed by atoms with Crippen molar-refractivity contribution in [3.63, 3.8) is 0 Å². The fourth-order valence-corrected chi connectivity index (χ4v) is 5.51. The summed E-state index contributed by atoms with van der Waals surface area (Å²) in [7, 11) is -1.65. The average Bonchev–Trinajstić information content (AvgIpc) is 3.29. The van der Waals surface area contributed by atoms with E-state index in [0.717, 1.165) is 25.7 Å². The molecule has 0 spiro atoms. The van der Waals surface area contributed by atoms with Gasteiger partial charge < -0.3 is 14.4 Å². The van der Waals surface area contributed by atoms with Crippen molar-refractivity contribution < 1.29 is 22.7 Å². The molecule has 0 aromatic heterocycles. The van der Waals surface area contributed by atoms with E-state index in [1.807, 2.05) is 4.90 Å². The number of amides is 1. The quantitative estimate of drug-likeness (QED) is 0.687. The first-order chi connectivity index (χ1) is 11.0. The Kier molecular flexibility index (Phi) is 5.25. The Bertz CT molecular complexity index is 528. The summed E-state index contributed by atoms with van der Waals surface area (Å²) in [6, 6.07) is 0.0780. The standard InChI is InChI=1S/C15H26N2O5S/c1-21-11-15(18)17(12-5-8-22-9-6-12)13-4-7-16(10-13)23(19,20)14-2-3-14/h12-14H,2-11H2,1H3. The van der Waals surface area contributed by atoms with Gasteiger partial charge in [-0.25, -0.2) is 8.42 Å². The highest BCUT2D eigenvalue weighted by molar-refractivity contribution is 7.90. The zero-order valence-corrected chi connectivity index (χ0v) is 14.5. The van der Waals surface area contributed by atoms with Crippen LogP contribution in [0, 0.1) is 0 Å². The second-order valence-electron chi connectivity index (χ2n) is 6.62. The van der Waals surface area contributed by atoms with Crippen LogP contribution in [0.3, 0.4) is 0 Å². The van der Waals surface area contributed by atoms with Gasteiger partial charge in [-0.2, -0.15) is 4.31 Å². The number of hydrogen-bond acceptors (Lipinski definition) is 5. The van der Waals surface area contributed by atoms with Crippen molar-refractivity contribution in [1.29, 1.82) is 0 Å². The molecule has 23 heavy (non-hydrogen) atoms. The van der Waals surface area contributed by atoms with E-state index in [0.29, 0.717) is 32.7 Å². The summed E-state index contributed by atoms with van der Waals surface area (Å²) in [5.74, 6) is -0.0462. The van der Waals surface area contributed by atoms with Gasteiger partial charge in [0, 0.05) is 45.5 Å². The van der Waals surface area contributed by atoms with Gasteiger partial charge in [0.15, 0.2) is 0 Å². The van der Waals surface area contributed by atoms with Crippen molar-refractivity contribution in [2.24, 2.45) is 0 Å². The summed E-state index contributed by atoms with van der Waals surface area (Å²) in [5, 5.41) is -0.188. The third-order valence-corrected chi connectivity index (χ3v) is 7.33. The Balaban J connectivity index is 1.70. The molecule has 7 nitrogen and oxygen atoms in total. The maximum Gasteiger partial charge on any atom is 0.249 e. The van der Waals surface area contributed by atoms with Crippen LogP contribution in [-0.4, -0.2) is 80.9 Å². The molecule has 3 fully saturated rings. The summed E-state index contributed by atoms with van der Waals surface area (Å²) in [6.07, 6.45) is 3.87. The van der Waals surface area contributed by atoms with Gasteiger partial charge >= 0.3 is 0 Å². The van der Waals surface area contributed by atoms with Gasteiger partial charge in [0.2, 0.25) is 15.9 Å². The van der Waals surface area contributed by atoms with Crippen molar-refractivity contribution in [2.75, 3.05) is 40.0 Å². The van der Waals surface area contributed by atoms with Crippen LogP contribution >= 0.6 is 0 Å². The van der Waals surface area contributed by atoms with E-state index in [9.17, 15) is 13.2 Å². The zero-order valence-electron chi connectivity index (χ0n) is 13.6. The third-order valence-electron chi connectivity index (χ3n) is 4.97. The van der Waals surface area contributed by atoms with Gasteiger partial charge in [-0.1, -0.05) is 0 Å². The minimum absolute atomic E-state index is 0.0449. The molecule has 0 aromatic carbocycles. The van der Waals surface area contributed by atoms with Crippen LogP contribution in [0.1, 0.15) is 32.1 Å². The topological polar surface area (TPSA) is 76.2 Å². The Morgan fingerprint density at radius 3 is 2.48 bits per heavy atom. The number of carbonyl (C=O) groups excluding carboxylic acids is 1. The van der Waals surface area contributed by atoms with E-state index in [1.165, 1.54) is 7.11 Å². The van der Waals surface area contributed by atoms with E-state index < -0.39 is 10.0 Å². The Hall–Kier alpha value is -0.700. The first-order valence-electron chi connectivity index (χ1n) is 8.41. The highest BCUT2D eigenvalue weighted by atomic mass is 32.2. The number of carbonyl (C=O) groups is 1. The molecule has 0 aromatic rings. The number of methoxy groups -OCH3 is 1. The lowest BCUT2D eigenvalue weighted by Crippen LogP contribution is -2.51. The van der Waals surface area contributed by atoms with E-state index in [4.69, 9.17) is 9.47 Å². The maximum absolute atomic E-state index is 12.5. The molecule has 3 aliphatic rings. The van der Waals surface area contributed by atoms with Crippen LogP contribution in [0.5, 0.6) is 0 Å². The van der Waals surface area contributed by atoms with Gasteiger partial charge in [0.05, 0.1) is 5.25 Å². The molecule has 132 valence electrons.